The highest BCUT2D eigenvalue weighted by Crippen LogP contribution is 2.18. The van der Waals surface area contributed by atoms with Crippen molar-refractivity contribution in [3.05, 3.63) is 70.3 Å². The van der Waals surface area contributed by atoms with Gasteiger partial charge in [-0.15, -0.1) is 0 Å². The van der Waals surface area contributed by atoms with Crippen molar-refractivity contribution in [2.45, 2.75) is 0 Å². The Morgan fingerprint density at radius 1 is 1.12 bits per heavy atom. The van der Waals surface area contributed by atoms with Crippen LogP contribution in [0.15, 0.2) is 42.5 Å². The summed E-state index contributed by atoms with van der Waals surface area (Å²) in [6, 6.07) is 7.61. The number of hydrogen-bond acceptors (Lipinski definition) is 4. The van der Waals surface area contributed by atoms with Crippen LogP contribution in [-0.2, 0) is 9.53 Å². The summed E-state index contributed by atoms with van der Waals surface area (Å²) in [6.07, 6.45) is 2.44. The molecule has 0 unspecified atom stereocenters. The van der Waals surface area contributed by atoms with Gasteiger partial charge in [-0.25, -0.2) is 13.6 Å². The van der Waals surface area contributed by atoms with Crippen LogP contribution in [-0.4, -0.2) is 25.5 Å². The molecule has 0 heterocycles. The molecular formula is C18H13ClF2O4. The highest BCUT2D eigenvalue weighted by Gasteiger charge is 2.12. The lowest BCUT2D eigenvalue weighted by atomic mass is 10.1. The molecule has 0 bridgehead atoms. The summed E-state index contributed by atoms with van der Waals surface area (Å²) in [4.78, 5) is 23.5. The number of carbonyl (C=O) groups is 2. The van der Waals surface area contributed by atoms with E-state index in [-0.39, 0.29) is 16.3 Å². The van der Waals surface area contributed by atoms with Crippen molar-refractivity contribution in [3.63, 3.8) is 0 Å². The molecule has 0 aromatic heterocycles. The van der Waals surface area contributed by atoms with Gasteiger partial charge in [0.05, 0.1) is 12.1 Å². The Morgan fingerprint density at radius 3 is 2.52 bits per heavy atom. The standard InChI is InChI=1S/C18H13ClF2O4/c1-24-17-6-4-12(9-15(17)21)16(22)10-25-18(23)7-3-11-2-5-14(20)13(19)8-11/h2-9H,10H2,1H3/b7-3+. The summed E-state index contributed by atoms with van der Waals surface area (Å²) in [6.45, 7) is -0.543. The molecule has 0 radical (unpaired) electrons. The minimum atomic E-state index is -0.775. The molecule has 0 saturated carbocycles. The van der Waals surface area contributed by atoms with E-state index in [1.54, 1.807) is 0 Å². The lowest BCUT2D eigenvalue weighted by molar-refractivity contribution is -0.136. The van der Waals surface area contributed by atoms with E-state index in [0.29, 0.717) is 5.56 Å². The number of benzene rings is 2. The van der Waals surface area contributed by atoms with Gasteiger partial charge in [0.2, 0.25) is 0 Å². The van der Waals surface area contributed by atoms with Crippen molar-refractivity contribution in [1.29, 1.82) is 0 Å². The number of esters is 1. The normalized spacial score (nSPS) is 10.7. The highest BCUT2D eigenvalue weighted by atomic mass is 35.5. The Kier molecular flexibility index (Phi) is 6.25. The van der Waals surface area contributed by atoms with E-state index in [4.69, 9.17) is 21.1 Å². The Labute approximate surface area is 147 Å². The lowest BCUT2D eigenvalue weighted by Crippen LogP contribution is -2.12. The van der Waals surface area contributed by atoms with E-state index >= 15 is 0 Å². The topological polar surface area (TPSA) is 52.6 Å². The molecule has 4 nitrogen and oxygen atoms in total. The molecule has 2 rings (SSSR count). The molecule has 0 saturated heterocycles. The molecule has 0 N–H and O–H groups in total. The van der Waals surface area contributed by atoms with Crippen molar-refractivity contribution in [1.82, 2.24) is 0 Å². The lowest BCUT2D eigenvalue weighted by Gasteiger charge is -2.05. The van der Waals surface area contributed by atoms with E-state index in [2.05, 4.69) is 0 Å². The van der Waals surface area contributed by atoms with Gasteiger partial charge in [0.15, 0.2) is 24.0 Å². The second kappa shape index (κ2) is 8.39. The molecule has 130 valence electrons. The summed E-state index contributed by atoms with van der Waals surface area (Å²) in [5.41, 5.74) is 0.548. The molecule has 25 heavy (non-hydrogen) atoms. The summed E-state index contributed by atoms with van der Waals surface area (Å²) in [7, 11) is 1.31. The molecular weight excluding hydrogens is 354 g/mol. The number of rotatable bonds is 6. The number of methoxy groups -OCH3 is 1. The van der Waals surface area contributed by atoms with Gasteiger partial charge in [-0.3, -0.25) is 4.79 Å². The number of ketones is 1. The van der Waals surface area contributed by atoms with Crippen molar-refractivity contribution >= 4 is 29.4 Å². The van der Waals surface area contributed by atoms with Crippen LogP contribution >= 0.6 is 11.6 Å². The summed E-state index contributed by atoms with van der Waals surface area (Å²) < 4.78 is 36.1. The highest BCUT2D eigenvalue weighted by molar-refractivity contribution is 6.30. The fourth-order valence-corrected chi connectivity index (χ4v) is 2.08. The second-order valence-corrected chi connectivity index (χ2v) is 5.29. The van der Waals surface area contributed by atoms with Crippen LogP contribution < -0.4 is 4.74 Å². The van der Waals surface area contributed by atoms with Crippen molar-refractivity contribution in [2.75, 3.05) is 13.7 Å². The SMILES string of the molecule is COc1ccc(C(=O)COC(=O)/C=C/c2ccc(F)c(Cl)c2)cc1F. The number of halogens is 3. The number of carbonyl (C=O) groups excluding carboxylic acids is 2. The van der Waals surface area contributed by atoms with Gasteiger partial charge in [-0.05, 0) is 42.0 Å². The van der Waals surface area contributed by atoms with E-state index in [1.807, 2.05) is 0 Å². The monoisotopic (exact) mass is 366 g/mol. The van der Waals surface area contributed by atoms with E-state index in [1.165, 1.54) is 37.5 Å². The summed E-state index contributed by atoms with van der Waals surface area (Å²) >= 11 is 5.62. The van der Waals surface area contributed by atoms with Gasteiger partial charge in [-0.2, -0.15) is 0 Å². The van der Waals surface area contributed by atoms with Gasteiger partial charge in [0.25, 0.3) is 0 Å². The average molecular weight is 367 g/mol. The smallest absolute Gasteiger partial charge is 0.331 e. The van der Waals surface area contributed by atoms with Crippen LogP contribution in [0.5, 0.6) is 5.75 Å². The number of hydrogen-bond donors (Lipinski definition) is 0. The van der Waals surface area contributed by atoms with Crippen LogP contribution in [0, 0.1) is 11.6 Å². The van der Waals surface area contributed by atoms with Crippen molar-refractivity contribution < 1.29 is 27.8 Å². The number of Topliss-reactive ketones (excluding diaryl/α,β-unsaturated/α-hetero) is 1. The second-order valence-electron chi connectivity index (χ2n) is 4.89. The van der Waals surface area contributed by atoms with E-state index in [9.17, 15) is 18.4 Å². The fraction of sp³-hybridized carbons (Fsp3) is 0.111. The first-order chi connectivity index (χ1) is 11.9. The predicted molar refractivity (Wildman–Crippen MR) is 88.7 cm³/mol. The maximum atomic E-state index is 13.5. The zero-order valence-electron chi connectivity index (χ0n) is 13.1. The first kappa shape index (κ1) is 18.6. The van der Waals surface area contributed by atoms with Crippen LogP contribution in [0.3, 0.4) is 0 Å². The molecule has 0 spiro atoms. The third-order valence-corrected chi connectivity index (χ3v) is 3.46. The quantitative estimate of drug-likeness (QED) is 0.439. The minimum absolute atomic E-state index is 0.00874. The van der Waals surface area contributed by atoms with Crippen LogP contribution in [0.2, 0.25) is 5.02 Å². The molecule has 0 aliphatic carbocycles. The predicted octanol–water partition coefficient (Wildman–Crippen LogP) is 4.07. The fourth-order valence-electron chi connectivity index (χ4n) is 1.89. The molecule has 7 heteroatoms. The minimum Gasteiger partial charge on any atom is -0.494 e. The van der Waals surface area contributed by atoms with E-state index in [0.717, 1.165) is 18.2 Å². The Morgan fingerprint density at radius 2 is 1.88 bits per heavy atom. The average Bonchev–Trinajstić information content (AvgIpc) is 2.60. The zero-order valence-corrected chi connectivity index (χ0v) is 13.8. The molecule has 2 aromatic carbocycles. The van der Waals surface area contributed by atoms with Gasteiger partial charge in [0.1, 0.15) is 5.82 Å². The Hall–Kier alpha value is -2.73. The Bertz CT molecular complexity index is 834. The summed E-state index contributed by atoms with van der Waals surface area (Å²) in [5.74, 6) is -2.59. The third-order valence-electron chi connectivity index (χ3n) is 3.17. The number of ether oxygens (including phenoxy) is 2. The van der Waals surface area contributed by atoms with Gasteiger partial charge >= 0.3 is 5.97 Å². The molecule has 0 aliphatic rings. The van der Waals surface area contributed by atoms with Crippen molar-refractivity contribution in [3.8, 4) is 5.75 Å². The zero-order chi connectivity index (χ0) is 18.4. The van der Waals surface area contributed by atoms with Crippen LogP contribution in [0.25, 0.3) is 6.08 Å². The van der Waals surface area contributed by atoms with Crippen molar-refractivity contribution in [2.24, 2.45) is 0 Å². The van der Waals surface area contributed by atoms with Crippen LogP contribution in [0.1, 0.15) is 15.9 Å². The Balaban J connectivity index is 1.92. The third kappa shape index (κ3) is 5.12. The summed E-state index contributed by atoms with van der Waals surface area (Å²) in [5, 5.41) is -0.0766. The molecule has 0 amide bonds. The maximum Gasteiger partial charge on any atom is 0.331 e. The first-order valence-electron chi connectivity index (χ1n) is 7.07. The molecule has 0 atom stereocenters. The van der Waals surface area contributed by atoms with Gasteiger partial charge in [0, 0.05) is 11.6 Å². The molecule has 2 aromatic rings. The molecule has 0 aliphatic heterocycles. The van der Waals surface area contributed by atoms with Gasteiger partial charge in [-0.1, -0.05) is 17.7 Å². The largest absolute Gasteiger partial charge is 0.494 e. The van der Waals surface area contributed by atoms with E-state index < -0.39 is 30.0 Å². The van der Waals surface area contributed by atoms with Gasteiger partial charge < -0.3 is 9.47 Å². The molecule has 0 fully saturated rings. The first-order valence-corrected chi connectivity index (χ1v) is 7.45. The maximum absolute atomic E-state index is 13.5. The van der Waals surface area contributed by atoms with Crippen LogP contribution in [0.4, 0.5) is 8.78 Å².